The van der Waals surface area contributed by atoms with E-state index in [1.165, 1.54) is 89.9 Å². The van der Waals surface area contributed by atoms with Crippen LogP contribution in [0.5, 0.6) is 0 Å². The molecule has 0 bridgehead atoms. The lowest BCUT2D eigenvalue weighted by Gasteiger charge is -2.18. The lowest BCUT2D eigenvalue weighted by atomic mass is 10.0. The van der Waals surface area contributed by atoms with Crippen LogP contribution in [0.2, 0.25) is 0 Å². The average molecular weight is 1120 g/mol. The first kappa shape index (κ1) is 76.0. The van der Waals surface area contributed by atoms with E-state index in [0.29, 0.717) is 19.3 Å². The molecule has 0 aromatic heterocycles. The van der Waals surface area contributed by atoms with Crippen LogP contribution < -0.4 is 0 Å². The maximum atomic E-state index is 12.9. The van der Waals surface area contributed by atoms with Crippen molar-refractivity contribution in [2.45, 2.75) is 284 Å². The molecule has 6 heteroatoms. The van der Waals surface area contributed by atoms with Crippen molar-refractivity contribution < 1.29 is 28.6 Å². The van der Waals surface area contributed by atoms with Gasteiger partial charge in [0.05, 0.1) is 0 Å². The summed E-state index contributed by atoms with van der Waals surface area (Å²) >= 11 is 0. The maximum absolute atomic E-state index is 12.9. The molecular formula is C75H120O6. The Labute approximate surface area is 499 Å². The van der Waals surface area contributed by atoms with Gasteiger partial charge in [-0.1, -0.05) is 294 Å². The molecule has 0 heterocycles. The second-order valence-corrected chi connectivity index (χ2v) is 21.3. The Morgan fingerprint density at radius 2 is 0.494 bits per heavy atom. The fourth-order valence-corrected chi connectivity index (χ4v) is 8.67. The second kappa shape index (κ2) is 67.5. The molecule has 0 aromatic rings. The molecule has 0 rings (SSSR count). The highest BCUT2D eigenvalue weighted by molar-refractivity contribution is 5.71. The number of hydrogen-bond acceptors (Lipinski definition) is 6. The molecule has 0 spiro atoms. The first-order valence-corrected chi connectivity index (χ1v) is 33.0. The summed E-state index contributed by atoms with van der Waals surface area (Å²) in [6.45, 7) is 6.36. The van der Waals surface area contributed by atoms with Gasteiger partial charge in [0.25, 0.3) is 0 Å². The summed E-state index contributed by atoms with van der Waals surface area (Å²) in [5.41, 5.74) is 0. The predicted octanol–water partition coefficient (Wildman–Crippen LogP) is 22.9. The summed E-state index contributed by atoms with van der Waals surface area (Å²) in [6, 6.07) is 0. The summed E-state index contributed by atoms with van der Waals surface area (Å²) in [4.78, 5) is 38.4. The van der Waals surface area contributed by atoms with Gasteiger partial charge >= 0.3 is 17.9 Å². The highest BCUT2D eigenvalue weighted by Crippen LogP contribution is 2.15. The Kier molecular flexibility index (Phi) is 63.4. The van der Waals surface area contributed by atoms with E-state index in [2.05, 4.69) is 179 Å². The third-order valence-electron chi connectivity index (χ3n) is 13.5. The van der Waals surface area contributed by atoms with Crippen LogP contribution in [0.4, 0.5) is 0 Å². The zero-order valence-electron chi connectivity index (χ0n) is 52.2. The smallest absolute Gasteiger partial charge is 0.306 e. The number of unbranched alkanes of at least 4 members (excludes halogenated alkanes) is 21. The zero-order chi connectivity index (χ0) is 58.5. The van der Waals surface area contributed by atoms with Crippen molar-refractivity contribution >= 4 is 17.9 Å². The molecule has 0 amide bonds. The Bertz CT molecular complexity index is 1810. The van der Waals surface area contributed by atoms with Gasteiger partial charge in [-0.15, -0.1) is 0 Å². The van der Waals surface area contributed by atoms with E-state index in [0.717, 1.165) is 141 Å². The third kappa shape index (κ3) is 65.7. The second-order valence-electron chi connectivity index (χ2n) is 21.3. The number of esters is 3. The van der Waals surface area contributed by atoms with Crippen molar-refractivity contribution in [2.75, 3.05) is 13.2 Å². The largest absolute Gasteiger partial charge is 0.462 e. The molecule has 0 aromatic carbocycles. The normalized spacial score (nSPS) is 13.2. The molecule has 0 fully saturated rings. The quantitative estimate of drug-likeness (QED) is 0.0261. The Hall–Kier alpha value is -4.97. The monoisotopic (exact) mass is 1120 g/mol. The molecule has 81 heavy (non-hydrogen) atoms. The van der Waals surface area contributed by atoms with E-state index >= 15 is 0 Å². The summed E-state index contributed by atoms with van der Waals surface area (Å²) < 4.78 is 16.9. The van der Waals surface area contributed by atoms with Gasteiger partial charge in [0.15, 0.2) is 6.10 Å². The summed E-state index contributed by atoms with van der Waals surface area (Å²) in [5.74, 6) is -0.984. The molecule has 0 aliphatic rings. The van der Waals surface area contributed by atoms with Gasteiger partial charge in [0.1, 0.15) is 13.2 Å². The van der Waals surface area contributed by atoms with Crippen LogP contribution >= 0.6 is 0 Å². The van der Waals surface area contributed by atoms with Crippen molar-refractivity contribution in [3.8, 4) is 0 Å². The topological polar surface area (TPSA) is 78.9 Å². The standard InChI is InChI=1S/C75H120O6/c1-4-7-10-13-16-19-22-25-28-30-32-34-36-37-39-40-42-44-47-50-53-56-59-62-65-68-74(77)80-71-72(70-79-73(76)67-64-61-58-55-52-49-46-27-24-21-18-15-12-9-6-3)81-75(78)69-66-63-60-57-54-51-48-45-43-41-38-35-33-31-29-26-23-20-17-14-11-8-5-2/h7-8,10-11,16-17,19-20,25-26,28-29,32-35,37,39,41-44,48,51,57,60,72H,4-6,9,12-15,18,21-24,27,30-31,36,38,40,45-47,49-50,52-56,58-59,61-71H2,1-3H3/b10-7-,11-8-,19-16-,20-17-,28-25-,29-26-,34-32-,35-33-,39-37-,43-41-,44-42-,51-48-,60-57-. The molecule has 456 valence electrons. The first-order valence-electron chi connectivity index (χ1n) is 33.0. The first-order chi connectivity index (χ1) is 40.0. The molecule has 0 N–H and O–H groups in total. The van der Waals surface area contributed by atoms with Crippen LogP contribution in [-0.4, -0.2) is 37.2 Å². The molecule has 1 unspecified atom stereocenters. The van der Waals surface area contributed by atoms with Crippen LogP contribution in [0.1, 0.15) is 278 Å². The molecule has 0 aliphatic carbocycles. The SMILES string of the molecule is CC/C=C\C/C=C\C/C=C\C/C=C\C/C=C\C/C=C\C/C=C\CCCC(=O)OC(COC(=O)CCCCCCCC/C=C\C/C=C\C/C=C\C/C=C\C/C=C\C/C=C\CC)COC(=O)CCCCCCCCCCCCCCCCC. The minimum atomic E-state index is -0.823. The minimum Gasteiger partial charge on any atom is -0.462 e. The fraction of sp³-hybridized carbons (Fsp3) is 0.613. The summed E-state index contributed by atoms with van der Waals surface area (Å²) in [7, 11) is 0. The van der Waals surface area contributed by atoms with Crippen molar-refractivity contribution in [3.05, 3.63) is 158 Å². The van der Waals surface area contributed by atoms with Crippen molar-refractivity contribution in [2.24, 2.45) is 0 Å². The number of ether oxygens (including phenoxy) is 3. The van der Waals surface area contributed by atoms with Crippen LogP contribution in [0, 0.1) is 0 Å². The van der Waals surface area contributed by atoms with Crippen molar-refractivity contribution in [1.82, 2.24) is 0 Å². The average Bonchev–Trinajstić information content (AvgIpc) is 3.47. The number of rotatable bonds is 58. The van der Waals surface area contributed by atoms with Gasteiger partial charge in [-0.2, -0.15) is 0 Å². The highest BCUT2D eigenvalue weighted by Gasteiger charge is 2.19. The van der Waals surface area contributed by atoms with Crippen LogP contribution in [0.15, 0.2) is 158 Å². The number of hydrogen-bond donors (Lipinski definition) is 0. The molecule has 0 saturated heterocycles. The summed E-state index contributed by atoms with van der Waals surface area (Å²) in [5, 5.41) is 0. The molecule has 0 radical (unpaired) electrons. The van der Waals surface area contributed by atoms with Gasteiger partial charge in [-0.05, 0) is 122 Å². The minimum absolute atomic E-state index is 0.110. The number of carbonyl (C=O) groups is 3. The van der Waals surface area contributed by atoms with E-state index in [-0.39, 0.29) is 37.5 Å². The van der Waals surface area contributed by atoms with Gasteiger partial charge in [-0.3, -0.25) is 14.4 Å². The molecule has 1 atom stereocenters. The van der Waals surface area contributed by atoms with Crippen LogP contribution in [-0.2, 0) is 28.6 Å². The van der Waals surface area contributed by atoms with E-state index in [1.807, 2.05) is 0 Å². The molecule has 0 aliphatic heterocycles. The fourth-order valence-electron chi connectivity index (χ4n) is 8.67. The van der Waals surface area contributed by atoms with Crippen molar-refractivity contribution in [3.63, 3.8) is 0 Å². The Balaban J connectivity index is 4.52. The van der Waals surface area contributed by atoms with Gasteiger partial charge < -0.3 is 14.2 Å². The molecule has 0 saturated carbocycles. The zero-order valence-corrected chi connectivity index (χ0v) is 52.2. The molecule has 6 nitrogen and oxygen atoms in total. The van der Waals surface area contributed by atoms with Gasteiger partial charge in [-0.25, -0.2) is 0 Å². The van der Waals surface area contributed by atoms with Crippen molar-refractivity contribution in [1.29, 1.82) is 0 Å². The van der Waals surface area contributed by atoms with E-state index < -0.39 is 6.10 Å². The lowest BCUT2D eigenvalue weighted by molar-refractivity contribution is -0.167. The van der Waals surface area contributed by atoms with Gasteiger partial charge in [0.2, 0.25) is 0 Å². The predicted molar refractivity (Wildman–Crippen MR) is 352 cm³/mol. The highest BCUT2D eigenvalue weighted by atomic mass is 16.6. The summed E-state index contributed by atoms with van der Waals surface area (Å²) in [6.07, 6.45) is 98.2. The van der Waals surface area contributed by atoms with E-state index in [9.17, 15) is 14.4 Å². The Morgan fingerprint density at radius 1 is 0.259 bits per heavy atom. The Morgan fingerprint density at radius 3 is 0.790 bits per heavy atom. The van der Waals surface area contributed by atoms with Crippen LogP contribution in [0.25, 0.3) is 0 Å². The number of carbonyl (C=O) groups excluding carboxylic acids is 3. The van der Waals surface area contributed by atoms with Crippen LogP contribution in [0.3, 0.4) is 0 Å². The van der Waals surface area contributed by atoms with Gasteiger partial charge in [0, 0.05) is 19.3 Å². The van der Waals surface area contributed by atoms with E-state index in [1.54, 1.807) is 0 Å². The lowest BCUT2D eigenvalue weighted by Crippen LogP contribution is -2.30. The molecular weight excluding hydrogens is 997 g/mol. The van der Waals surface area contributed by atoms with E-state index in [4.69, 9.17) is 14.2 Å². The number of allylic oxidation sites excluding steroid dienone is 26. The third-order valence-corrected chi connectivity index (χ3v) is 13.5. The maximum Gasteiger partial charge on any atom is 0.306 e.